The lowest BCUT2D eigenvalue weighted by atomic mass is 10.2. The van der Waals surface area contributed by atoms with Crippen LogP contribution in [-0.4, -0.2) is 44.4 Å². The van der Waals surface area contributed by atoms with Crippen molar-refractivity contribution in [1.82, 2.24) is 10.2 Å². The summed E-state index contributed by atoms with van der Waals surface area (Å²) in [7, 11) is 5.59. The molecule has 2 aromatic carbocycles. The van der Waals surface area contributed by atoms with Gasteiger partial charge in [0.25, 0.3) is 5.91 Å². The fourth-order valence-corrected chi connectivity index (χ4v) is 2.50. The molecule has 0 fully saturated rings. The predicted molar refractivity (Wildman–Crippen MR) is 101 cm³/mol. The monoisotopic (exact) mass is 375 g/mol. The van der Waals surface area contributed by atoms with Gasteiger partial charge < -0.3 is 15.1 Å². The average molecular weight is 375 g/mol. The zero-order valence-electron chi connectivity index (χ0n) is 15.6. The Morgan fingerprint density at radius 3 is 2.26 bits per heavy atom. The molecule has 0 bridgehead atoms. The quantitative estimate of drug-likeness (QED) is 0.810. The maximum atomic E-state index is 13.6. The molecular weight excluding hydrogens is 352 g/mol. The van der Waals surface area contributed by atoms with Crippen molar-refractivity contribution in [3.63, 3.8) is 0 Å². The van der Waals surface area contributed by atoms with Crippen molar-refractivity contribution >= 4 is 17.5 Å². The van der Waals surface area contributed by atoms with E-state index in [0.717, 1.165) is 23.4 Å². The molecule has 0 spiro atoms. The van der Waals surface area contributed by atoms with Gasteiger partial charge in [-0.25, -0.2) is 8.78 Å². The largest absolute Gasteiger partial charge is 0.378 e. The van der Waals surface area contributed by atoms with Crippen molar-refractivity contribution in [3.05, 3.63) is 65.2 Å². The summed E-state index contributed by atoms with van der Waals surface area (Å²) in [6, 6.07) is 10.6. The molecule has 2 rings (SSSR count). The molecule has 144 valence electrons. The fourth-order valence-electron chi connectivity index (χ4n) is 2.50. The van der Waals surface area contributed by atoms with Crippen LogP contribution >= 0.6 is 0 Å². The molecule has 0 aliphatic rings. The number of nitrogens with zero attached hydrogens (tertiary/aromatic N) is 2. The van der Waals surface area contributed by atoms with E-state index >= 15 is 0 Å². The first kappa shape index (κ1) is 20.4. The van der Waals surface area contributed by atoms with E-state index in [0.29, 0.717) is 12.6 Å². The number of halogens is 2. The van der Waals surface area contributed by atoms with Gasteiger partial charge in [-0.15, -0.1) is 0 Å². The Labute approximate surface area is 157 Å². The molecule has 2 amide bonds. The summed E-state index contributed by atoms with van der Waals surface area (Å²) in [4.78, 5) is 27.7. The van der Waals surface area contributed by atoms with Crippen molar-refractivity contribution in [2.75, 3.05) is 32.6 Å². The number of hydrogen-bond donors (Lipinski definition) is 1. The van der Waals surface area contributed by atoms with Gasteiger partial charge in [-0.05, 0) is 29.8 Å². The van der Waals surface area contributed by atoms with E-state index in [1.807, 2.05) is 43.3 Å². The van der Waals surface area contributed by atoms with Crippen molar-refractivity contribution in [1.29, 1.82) is 0 Å². The third kappa shape index (κ3) is 5.77. The van der Waals surface area contributed by atoms with Gasteiger partial charge in [0.05, 0.1) is 5.56 Å². The van der Waals surface area contributed by atoms with Crippen LogP contribution in [0.2, 0.25) is 0 Å². The molecule has 0 atom stereocenters. The van der Waals surface area contributed by atoms with Gasteiger partial charge in [-0.3, -0.25) is 9.59 Å². The molecule has 1 N–H and O–H groups in total. The lowest BCUT2D eigenvalue weighted by molar-refractivity contribution is -0.130. The Bertz CT molecular complexity index is 807. The minimum atomic E-state index is -0.933. The van der Waals surface area contributed by atoms with Crippen LogP contribution in [0.4, 0.5) is 14.5 Å². The lowest BCUT2D eigenvalue weighted by Crippen LogP contribution is -2.32. The normalized spacial score (nSPS) is 10.4. The number of carbonyl (C=O) groups excluding carboxylic acids is 2. The van der Waals surface area contributed by atoms with Gasteiger partial charge in [0.2, 0.25) is 5.91 Å². The number of nitrogens with one attached hydrogen (secondary N) is 1. The van der Waals surface area contributed by atoms with E-state index in [9.17, 15) is 18.4 Å². The topological polar surface area (TPSA) is 52.6 Å². The first-order valence-electron chi connectivity index (χ1n) is 8.51. The SMILES string of the molecule is CN(Cc1ccc(N(C)C)cc1)C(=O)CCNC(=O)c1ccc(F)cc1F. The van der Waals surface area contributed by atoms with Gasteiger partial charge in [0, 0.05) is 52.4 Å². The van der Waals surface area contributed by atoms with E-state index in [4.69, 9.17) is 0 Å². The van der Waals surface area contributed by atoms with Crippen molar-refractivity contribution in [3.8, 4) is 0 Å². The maximum absolute atomic E-state index is 13.6. The van der Waals surface area contributed by atoms with Gasteiger partial charge in [0.15, 0.2) is 0 Å². The van der Waals surface area contributed by atoms with Crippen molar-refractivity contribution in [2.24, 2.45) is 0 Å². The second kappa shape index (κ2) is 9.12. The van der Waals surface area contributed by atoms with Crippen molar-refractivity contribution < 1.29 is 18.4 Å². The molecule has 2 aromatic rings. The predicted octanol–water partition coefficient (Wildman–Crippen LogP) is 2.81. The maximum Gasteiger partial charge on any atom is 0.254 e. The zero-order valence-corrected chi connectivity index (χ0v) is 15.6. The molecule has 0 aliphatic heterocycles. The molecule has 27 heavy (non-hydrogen) atoms. The molecular formula is C20H23F2N3O2. The molecule has 0 saturated carbocycles. The number of rotatable bonds is 7. The third-order valence-corrected chi connectivity index (χ3v) is 4.10. The Morgan fingerprint density at radius 1 is 1.00 bits per heavy atom. The first-order chi connectivity index (χ1) is 12.8. The Morgan fingerprint density at radius 2 is 1.67 bits per heavy atom. The highest BCUT2D eigenvalue weighted by atomic mass is 19.1. The lowest BCUT2D eigenvalue weighted by Gasteiger charge is -2.18. The average Bonchev–Trinajstić information content (AvgIpc) is 2.61. The Hall–Kier alpha value is -2.96. The van der Waals surface area contributed by atoms with Crippen LogP contribution in [0.3, 0.4) is 0 Å². The molecule has 7 heteroatoms. The summed E-state index contributed by atoms with van der Waals surface area (Å²) in [5, 5.41) is 2.47. The molecule has 0 heterocycles. The second-order valence-corrected chi connectivity index (χ2v) is 6.44. The minimum absolute atomic E-state index is 0.0678. The molecule has 0 aliphatic carbocycles. The summed E-state index contributed by atoms with van der Waals surface area (Å²) in [5.41, 5.74) is 1.82. The number of anilines is 1. The van der Waals surface area contributed by atoms with Crippen LogP contribution in [0.5, 0.6) is 0 Å². The smallest absolute Gasteiger partial charge is 0.254 e. The summed E-state index contributed by atoms with van der Waals surface area (Å²) < 4.78 is 26.4. The Kier molecular flexibility index (Phi) is 6.87. The highest BCUT2D eigenvalue weighted by Gasteiger charge is 2.14. The van der Waals surface area contributed by atoms with Crippen LogP contribution < -0.4 is 10.2 Å². The van der Waals surface area contributed by atoms with Gasteiger partial charge in [0.1, 0.15) is 11.6 Å². The second-order valence-electron chi connectivity index (χ2n) is 6.44. The van der Waals surface area contributed by atoms with Gasteiger partial charge in [-0.1, -0.05) is 12.1 Å². The molecule has 0 radical (unpaired) electrons. The summed E-state index contributed by atoms with van der Waals surface area (Å²) in [6.07, 6.45) is 0.0842. The standard InChI is InChI=1S/C20H23F2N3O2/c1-24(2)16-7-4-14(5-8-16)13-25(3)19(26)10-11-23-20(27)17-9-6-15(21)12-18(17)22/h4-9,12H,10-11,13H2,1-3H3,(H,23,27). The molecule has 5 nitrogen and oxygen atoms in total. The van der Waals surface area contributed by atoms with E-state index in [-0.39, 0.29) is 24.4 Å². The highest BCUT2D eigenvalue weighted by molar-refractivity contribution is 5.94. The molecule has 0 unspecified atom stereocenters. The fraction of sp³-hybridized carbons (Fsp3) is 0.300. The van der Waals surface area contributed by atoms with Crippen LogP contribution in [0.1, 0.15) is 22.3 Å². The number of hydrogen-bond acceptors (Lipinski definition) is 3. The van der Waals surface area contributed by atoms with Crippen molar-refractivity contribution in [2.45, 2.75) is 13.0 Å². The van der Waals surface area contributed by atoms with Crippen LogP contribution in [0, 0.1) is 11.6 Å². The zero-order chi connectivity index (χ0) is 20.0. The third-order valence-electron chi connectivity index (χ3n) is 4.10. The molecule has 0 aromatic heterocycles. The van der Waals surface area contributed by atoms with Crippen LogP contribution in [0.25, 0.3) is 0 Å². The van der Waals surface area contributed by atoms with E-state index in [1.165, 1.54) is 0 Å². The summed E-state index contributed by atoms with van der Waals surface area (Å²) in [5.74, 6) is -2.51. The molecule has 0 saturated heterocycles. The minimum Gasteiger partial charge on any atom is -0.378 e. The highest BCUT2D eigenvalue weighted by Crippen LogP contribution is 2.13. The van der Waals surface area contributed by atoms with Gasteiger partial charge >= 0.3 is 0 Å². The van der Waals surface area contributed by atoms with Gasteiger partial charge in [-0.2, -0.15) is 0 Å². The number of benzene rings is 2. The Balaban J connectivity index is 1.81. The number of amides is 2. The van der Waals surface area contributed by atoms with E-state index in [2.05, 4.69) is 5.32 Å². The summed E-state index contributed by atoms with van der Waals surface area (Å²) >= 11 is 0. The van der Waals surface area contributed by atoms with Crippen LogP contribution in [0.15, 0.2) is 42.5 Å². The van der Waals surface area contributed by atoms with Crippen LogP contribution in [-0.2, 0) is 11.3 Å². The number of carbonyl (C=O) groups is 2. The first-order valence-corrected chi connectivity index (χ1v) is 8.51. The van der Waals surface area contributed by atoms with E-state index < -0.39 is 17.5 Å². The van der Waals surface area contributed by atoms with E-state index in [1.54, 1.807) is 11.9 Å². The summed E-state index contributed by atoms with van der Waals surface area (Å²) in [6.45, 7) is 0.519.